The van der Waals surface area contributed by atoms with E-state index in [1.54, 1.807) is 30.6 Å². The van der Waals surface area contributed by atoms with Crippen molar-refractivity contribution in [2.75, 3.05) is 10.6 Å². The van der Waals surface area contributed by atoms with Crippen molar-refractivity contribution in [3.05, 3.63) is 72.6 Å². The second-order valence-corrected chi connectivity index (χ2v) is 4.54. The van der Waals surface area contributed by atoms with Crippen LogP contribution in [-0.4, -0.2) is 15.9 Å². The maximum atomic E-state index is 11.8. The molecule has 0 unspecified atom stereocenters. The van der Waals surface area contributed by atoms with Crippen LogP contribution in [0, 0.1) is 0 Å². The van der Waals surface area contributed by atoms with Crippen molar-refractivity contribution in [2.45, 2.75) is 6.54 Å². The Morgan fingerprint density at radius 2 is 2.05 bits per heavy atom. The van der Waals surface area contributed by atoms with Gasteiger partial charge in [0.2, 0.25) is 0 Å². The molecule has 0 aromatic carbocycles. The number of furan rings is 1. The van der Waals surface area contributed by atoms with Crippen LogP contribution >= 0.6 is 0 Å². The van der Waals surface area contributed by atoms with Crippen LogP contribution in [0.4, 0.5) is 11.5 Å². The van der Waals surface area contributed by atoms with Crippen LogP contribution in [0.5, 0.6) is 0 Å². The van der Waals surface area contributed by atoms with Crippen molar-refractivity contribution >= 4 is 17.4 Å². The third kappa shape index (κ3) is 3.49. The zero-order chi connectivity index (χ0) is 15.2. The maximum absolute atomic E-state index is 11.8. The Kier molecular flexibility index (Phi) is 4.10. The van der Waals surface area contributed by atoms with E-state index in [-0.39, 0.29) is 11.7 Å². The fourth-order valence-electron chi connectivity index (χ4n) is 1.85. The predicted molar refractivity (Wildman–Crippen MR) is 82.5 cm³/mol. The molecule has 0 spiro atoms. The van der Waals surface area contributed by atoms with Gasteiger partial charge in [0.25, 0.3) is 5.91 Å². The van der Waals surface area contributed by atoms with E-state index in [4.69, 9.17) is 4.42 Å². The number of amides is 1. The molecule has 3 aromatic heterocycles. The average molecular weight is 294 g/mol. The summed E-state index contributed by atoms with van der Waals surface area (Å²) in [6, 6.07) is 12.6. The molecule has 0 atom stereocenters. The SMILES string of the molecule is O=C(Nc1ccc(NCc2ccccn2)cn1)c1ccco1. The molecule has 0 radical (unpaired) electrons. The van der Waals surface area contributed by atoms with Crippen LogP contribution in [0.2, 0.25) is 0 Å². The van der Waals surface area contributed by atoms with Crippen molar-refractivity contribution < 1.29 is 9.21 Å². The fourth-order valence-corrected chi connectivity index (χ4v) is 1.85. The lowest BCUT2D eigenvalue weighted by Gasteiger charge is -2.07. The molecular weight excluding hydrogens is 280 g/mol. The first kappa shape index (κ1) is 13.8. The van der Waals surface area contributed by atoms with E-state index in [0.717, 1.165) is 11.4 Å². The molecule has 2 N–H and O–H groups in total. The third-order valence-corrected chi connectivity index (χ3v) is 2.95. The summed E-state index contributed by atoms with van der Waals surface area (Å²) < 4.78 is 5.02. The summed E-state index contributed by atoms with van der Waals surface area (Å²) in [7, 11) is 0. The minimum absolute atomic E-state index is 0.249. The molecule has 0 aliphatic rings. The number of pyridine rings is 2. The molecule has 110 valence electrons. The van der Waals surface area contributed by atoms with Gasteiger partial charge in [0.15, 0.2) is 5.76 Å². The molecule has 6 nitrogen and oxygen atoms in total. The fraction of sp³-hybridized carbons (Fsp3) is 0.0625. The van der Waals surface area contributed by atoms with Crippen molar-refractivity contribution in [1.82, 2.24) is 9.97 Å². The Balaban J connectivity index is 1.57. The normalized spacial score (nSPS) is 10.2. The smallest absolute Gasteiger partial charge is 0.292 e. The molecule has 0 bridgehead atoms. The van der Waals surface area contributed by atoms with Crippen LogP contribution in [0.15, 0.2) is 65.5 Å². The van der Waals surface area contributed by atoms with Gasteiger partial charge in [-0.15, -0.1) is 0 Å². The number of aromatic nitrogens is 2. The first-order valence-corrected chi connectivity index (χ1v) is 6.76. The number of hydrogen-bond acceptors (Lipinski definition) is 5. The minimum atomic E-state index is -0.327. The van der Waals surface area contributed by atoms with Crippen LogP contribution in [-0.2, 0) is 6.54 Å². The summed E-state index contributed by atoms with van der Waals surface area (Å²) in [4.78, 5) is 20.2. The summed E-state index contributed by atoms with van der Waals surface area (Å²) >= 11 is 0. The lowest BCUT2D eigenvalue weighted by Crippen LogP contribution is -2.12. The molecule has 3 rings (SSSR count). The van der Waals surface area contributed by atoms with Crippen LogP contribution in [0.1, 0.15) is 16.2 Å². The Labute approximate surface area is 127 Å². The highest BCUT2D eigenvalue weighted by Gasteiger charge is 2.09. The molecule has 0 saturated carbocycles. The first-order valence-electron chi connectivity index (χ1n) is 6.76. The van der Waals surface area contributed by atoms with Crippen molar-refractivity contribution in [2.24, 2.45) is 0 Å². The molecule has 0 aliphatic heterocycles. The number of nitrogens with one attached hydrogen (secondary N) is 2. The van der Waals surface area contributed by atoms with Gasteiger partial charge in [-0.3, -0.25) is 9.78 Å². The van der Waals surface area contributed by atoms with Gasteiger partial charge in [-0.2, -0.15) is 0 Å². The second kappa shape index (κ2) is 6.53. The van der Waals surface area contributed by atoms with Gasteiger partial charge in [0.05, 0.1) is 30.4 Å². The predicted octanol–water partition coefficient (Wildman–Crippen LogP) is 2.93. The van der Waals surface area contributed by atoms with Crippen LogP contribution < -0.4 is 10.6 Å². The lowest BCUT2D eigenvalue weighted by atomic mass is 10.3. The molecule has 0 aliphatic carbocycles. The van der Waals surface area contributed by atoms with Crippen molar-refractivity contribution in [3.63, 3.8) is 0 Å². The summed E-state index contributed by atoms with van der Waals surface area (Å²) in [5.41, 5.74) is 1.79. The van der Waals surface area contributed by atoms with E-state index >= 15 is 0 Å². The Morgan fingerprint density at radius 1 is 1.09 bits per heavy atom. The van der Waals surface area contributed by atoms with E-state index in [1.165, 1.54) is 6.26 Å². The summed E-state index contributed by atoms with van der Waals surface area (Å²) in [6.07, 6.45) is 4.86. The minimum Gasteiger partial charge on any atom is -0.459 e. The summed E-state index contributed by atoms with van der Waals surface area (Å²) in [5, 5.41) is 5.87. The first-order chi connectivity index (χ1) is 10.8. The van der Waals surface area contributed by atoms with Gasteiger partial charge in [-0.25, -0.2) is 4.98 Å². The van der Waals surface area contributed by atoms with Gasteiger partial charge in [0, 0.05) is 6.20 Å². The van der Waals surface area contributed by atoms with E-state index in [2.05, 4.69) is 20.6 Å². The highest BCUT2D eigenvalue weighted by Crippen LogP contribution is 2.12. The van der Waals surface area contributed by atoms with Gasteiger partial charge >= 0.3 is 0 Å². The number of rotatable bonds is 5. The van der Waals surface area contributed by atoms with E-state index in [9.17, 15) is 4.79 Å². The van der Waals surface area contributed by atoms with Gasteiger partial charge in [-0.05, 0) is 36.4 Å². The molecule has 6 heteroatoms. The molecule has 22 heavy (non-hydrogen) atoms. The molecular formula is C16H14N4O2. The maximum Gasteiger partial charge on any atom is 0.292 e. The van der Waals surface area contributed by atoms with Gasteiger partial charge < -0.3 is 15.1 Å². The highest BCUT2D eigenvalue weighted by atomic mass is 16.3. The molecule has 0 fully saturated rings. The zero-order valence-corrected chi connectivity index (χ0v) is 11.7. The molecule has 1 amide bonds. The zero-order valence-electron chi connectivity index (χ0n) is 11.7. The Hall–Kier alpha value is -3.15. The van der Waals surface area contributed by atoms with Crippen molar-refractivity contribution in [1.29, 1.82) is 0 Å². The van der Waals surface area contributed by atoms with Crippen LogP contribution in [0.3, 0.4) is 0 Å². The topological polar surface area (TPSA) is 80.0 Å². The van der Waals surface area contributed by atoms with E-state index < -0.39 is 0 Å². The van der Waals surface area contributed by atoms with E-state index in [0.29, 0.717) is 12.4 Å². The number of anilines is 2. The Bertz CT molecular complexity index is 725. The van der Waals surface area contributed by atoms with Gasteiger partial charge in [-0.1, -0.05) is 6.07 Å². The number of carbonyl (C=O) groups is 1. The molecule has 0 saturated heterocycles. The highest BCUT2D eigenvalue weighted by molar-refractivity contribution is 6.01. The number of carbonyl (C=O) groups excluding carboxylic acids is 1. The average Bonchev–Trinajstić information content (AvgIpc) is 3.10. The Morgan fingerprint density at radius 3 is 2.73 bits per heavy atom. The number of hydrogen-bond donors (Lipinski definition) is 2. The third-order valence-electron chi connectivity index (χ3n) is 2.95. The summed E-state index contributed by atoms with van der Waals surface area (Å²) in [6.45, 7) is 0.612. The standard InChI is InChI=1S/C16H14N4O2/c21-16(14-5-3-9-22-14)20-15-7-6-13(11-19-15)18-10-12-4-1-2-8-17-12/h1-9,11,18H,10H2,(H,19,20,21). The van der Waals surface area contributed by atoms with Gasteiger partial charge in [0.1, 0.15) is 5.82 Å². The quantitative estimate of drug-likeness (QED) is 0.756. The largest absolute Gasteiger partial charge is 0.459 e. The summed E-state index contributed by atoms with van der Waals surface area (Å²) in [5.74, 6) is 0.385. The van der Waals surface area contributed by atoms with Crippen LogP contribution in [0.25, 0.3) is 0 Å². The molecule has 3 heterocycles. The number of nitrogens with zero attached hydrogens (tertiary/aromatic N) is 2. The van der Waals surface area contributed by atoms with Crippen molar-refractivity contribution in [3.8, 4) is 0 Å². The second-order valence-electron chi connectivity index (χ2n) is 4.54. The lowest BCUT2D eigenvalue weighted by molar-refractivity contribution is 0.0996. The van der Waals surface area contributed by atoms with E-state index in [1.807, 2.05) is 24.3 Å². The monoisotopic (exact) mass is 294 g/mol. The molecule has 3 aromatic rings.